The molecule has 3 aromatic rings. The summed E-state index contributed by atoms with van der Waals surface area (Å²) in [6.45, 7) is 5.34. The van der Waals surface area contributed by atoms with Crippen LogP contribution in [0.3, 0.4) is 0 Å². The number of nitrogens with one attached hydrogen (secondary N) is 1. The minimum Gasteiger partial charge on any atom is -0.458 e. The molecule has 0 aliphatic rings. The fourth-order valence-corrected chi connectivity index (χ4v) is 3.18. The van der Waals surface area contributed by atoms with Gasteiger partial charge in [-0.05, 0) is 30.5 Å². The second kappa shape index (κ2) is 9.35. The number of aryl methyl sites for hydroxylation is 1. The van der Waals surface area contributed by atoms with Gasteiger partial charge in [0.15, 0.2) is 0 Å². The number of benzene rings is 1. The summed E-state index contributed by atoms with van der Waals surface area (Å²) in [7, 11) is 0. The molecule has 0 unspecified atom stereocenters. The summed E-state index contributed by atoms with van der Waals surface area (Å²) in [4.78, 5) is 41.7. The highest BCUT2D eigenvalue weighted by molar-refractivity contribution is 5.85. The number of carbonyl (C=O) groups excluding carboxylic acids is 2. The van der Waals surface area contributed by atoms with Crippen molar-refractivity contribution in [2.24, 2.45) is 5.92 Å². The normalized spacial score (nSPS) is 12.0. The molecule has 2 heterocycles. The van der Waals surface area contributed by atoms with Crippen LogP contribution in [0.25, 0.3) is 5.65 Å². The summed E-state index contributed by atoms with van der Waals surface area (Å²) in [5, 5.41) is 2.75. The molecule has 0 spiro atoms. The van der Waals surface area contributed by atoms with Gasteiger partial charge in [0, 0.05) is 11.8 Å². The lowest BCUT2D eigenvalue weighted by molar-refractivity contribution is -0.150. The molecule has 0 fully saturated rings. The molecule has 7 heteroatoms. The van der Waals surface area contributed by atoms with Gasteiger partial charge in [-0.15, -0.1) is 0 Å². The summed E-state index contributed by atoms with van der Waals surface area (Å²) in [5.74, 6) is -0.970. The number of nitrogens with zero attached hydrogens (tertiary/aromatic N) is 2. The smallest absolute Gasteiger partial charge is 0.329 e. The van der Waals surface area contributed by atoms with Crippen LogP contribution in [0.5, 0.6) is 0 Å². The maximum atomic E-state index is 12.6. The van der Waals surface area contributed by atoms with Crippen molar-refractivity contribution in [2.75, 3.05) is 0 Å². The number of amides is 1. The number of ether oxygens (including phenoxy) is 1. The van der Waals surface area contributed by atoms with Gasteiger partial charge >= 0.3 is 5.97 Å². The highest BCUT2D eigenvalue weighted by Gasteiger charge is 2.26. The van der Waals surface area contributed by atoms with Crippen LogP contribution in [0.1, 0.15) is 30.8 Å². The van der Waals surface area contributed by atoms with Gasteiger partial charge in [0.25, 0.3) is 5.56 Å². The van der Waals surface area contributed by atoms with E-state index in [0.29, 0.717) is 11.3 Å². The van der Waals surface area contributed by atoms with Crippen molar-refractivity contribution in [3.05, 3.63) is 81.9 Å². The minimum atomic E-state index is -0.787. The molecule has 3 rings (SSSR count). The van der Waals surface area contributed by atoms with Gasteiger partial charge < -0.3 is 10.1 Å². The zero-order chi connectivity index (χ0) is 21.7. The zero-order valence-corrected chi connectivity index (χ0v) is 17.3. The molecule has 1 amide bonds. The second-order valence-corrected chi connectivity index (χ2v) is 7.51. The molecule has 0 aliphatic heterocycles. The lowest BCUT2D eigenvalue weighted by Gasteiger charge is -2.21. The third-order valence-corrected chi connectivity index (χ3v) is 4.74. The number of carbonyl (C=O) groups is 2. The highest BCUT2D eigenvalue weighted by Crippen LogP contribution is 2.09. The number of hydrogen-bond acceptors (Lipinski definition) is 5. The summed E-state index contributed by atoms with van der Waals surface area (Å²) in [6, 6.07) is 15.2. The fourth-order valence-electron chi connectivity index (χ4n) is 3.18. The van der Waals surface area contributed by atoms with Gasteiger partial charge in [0.2, 0.25) is 5.91 Å². The molecule has 0 radical (unpaired) electrons. The van der Waals surface area contributed by atoms with Gasteiger partial charge in [-0.2, -0.15) is 0 Å². The van der Waals surface area contributed by atoms with Crippen molar-refractivity contribution >= 4 is 17.5 Å². The van der Waals surface area contributed by atoms with Crippen LogP contribution in [-0.2, 0) is 27.4 Å². The van der Waals surface area contributed by atoms with Crippen LogP contribution in [0.4, 0.5) is 0 Å². The molecule has 0 bridgehead atoms. The molecule has 30 heavy (non-hydrogen) atoms. The van der Waals surface area contributed by atoms with Crippen LogP contribution >= 0.6 is 0 Å². The van der Waals surface area contributed by atoms with E-state index in [2.05, 4.69) is 10.3 Å². The van der Waals surface area contributed by atoms with Crippen molar-refractivity contribution in [1.82, 2.24) is 14.7 Å². The first-order valence-corrected chi connectivity index (χ1v) is 9.83. The minimum absolute atomic E-state index is 0.143. The number of aromatic nitrogens is 2. The van der Waals surface area contributed by atoms with E-state index in [9.17, 15) is 14.4 Å². The maximum Gasteiger partial charge on any atom is 0.329 e. The van der Waals surface area contributed by atoms with E-state index < -0.39 is 12.0 Å². The molecule has 0 aliphatic carbocycles. The summed E-state index contributed by atoms with van der Waals surface area (Å²) < 4.78 is 6.86. The van der Waals surface area contributed by atoms with Crippen LogP contribution in [0, 0.1) is 12.8 Å². The largest absolute Gasteiger partial charge is 0.458 e. The Hall–Kier alpha value is -3.48. The zero-order valence-electron chi connectivity index (χ0n) is 17.3. The van der Waals surface area contributed by atoms with Crippen LogP contribution in [0.15, 0.2) is 59.4 Å². The van der Waals surface area contributed by atoms with Crippen molar-refractivity contribution < 1.29 is 14.3 Å². The number of rotatable bonds is 7. The van der Waals surface area contributed by atoms with Gasteiger partial charge in [-0.1, -0.05) is 50.2 Å². The van der Waals surface area contributed by atoms with E-state index in [1.54, 1.807) is 6.07 Å². The third kappa shape index (κ3) is 5.11. The molecule has 0 saturated heterocycles. The molecule has 156 valence electrons. The SMILES string of the molecule is Cc1cccc2nc(COC(=O)[C@@H](NC(=O)Cc3ccccc3)C(C)C)cc(=O)n12. The first-order chi connectivity index (χ1) is 14.3. The Bertz CT molecular complexity index is 1110. The predicted octanol–water partition coefficient (Wildman–Crippen LogP) is 2.43. The van der Waals surface area contributed by atoms with Crippen molar-refractivity contribution in [3.8, 4) is 0 Å². The van der Waals surface area contributed by atoms with Gasteiger partial charge in [0.05, 0.1) is 12.1 Å². The Labute approximate surface area is 174 Å². The quantitative estimate of drug-likeness (QED) is 0.608. The summed E-state index contributed by atoms with van der Waals surface area (Å²) in [5.41, 5.74) is 2.25. The average Bonchev–Trinajstić information content (AvgIpc) is 2.70. The molecule has 1 N–H and O–H groups in total. The van der Waals surface area contributed by atoms with E-state index in [1.165, 1.54) is 10.5 Å². The van der Waals surface area contributed by atoms with Gasteiger partial charge in [-0.25, -0.2) is 9.78 Å². The molecular formula is C23H25N3O4. The molecule has 1 aromatic carbocycles. The monoisotopic (exact) mass is 407 g/mol. The molecule has 2 aromatic heterocycles. The average molecular weight is 407 g/mol. The first kappa shape index (κ1) is 21.2. The van der Waals surface area contributed by atoms with E-state index in [-0.39, 0.29) is 30.4 Å². The van der Waals surface area contributed by atoms with E-state index >= 15 is 0 Å². The van der Waals surface area contributed by atoms with Gasteiger partial charge in [-0.3, -0.25) is 14.0 Å². The fraction of sp³-hybridized carbons (Fsp3) is 0.304. The van der Waals surface area contributed by atoms with Crippen LogP contribution in [0.2, 0.25) is 0 Å². The van der Waals surface area contributed by atoms with Crippen LogP contribution in [-0.4, -0.2) is 27.3 Å². The van der Waals surface area contributed by atoms with Crippen LogP contribution < -0.4 is 10.9 Å². The Morgan fingerprint density at radius 3 is 2.53 bits per heavy atom. The third-order valence-electron chi connectivity index (χ3n) is 4.74. The molecule has 1 atom stereocenters. The molecule has 7 nitrogen and oxygen atoms in total. The molecule has 0 saturated carbocycles. The van der Waals surface area contributed by atoms with Crippen molar-refractivity contribution in [3.63, 3.8) is 0 Å². The first-order valence-electron chi connectivity index (χ1n) is 9.83. The van der Waals surface area contributed by atoms with E-state index in [1.807, 2.05) is 63.2 Å². The number of fused-ring (bicyclic) bond motifs is 1. The predicted molar refractivity (Wildman–Crippen MR) is 113 cm³/mol. The Balaban J connectivity index is 1.66. The van der Waals surface area contributed by atoms with E-state index in [0.717, 1.165) is 11.3 Å². The lowest BCUT2D eigenvalue weighted by atomic mass is 10.0. The maximum absolute atomic E-state index is 12.6. The van der Waals surface area contributed by atoms with E-state index in [4.69, 9.17) is 4.74 Å². The topological polar surface area (TPSA) is 89.8 Å². The van der Waals surface area contributed by atoms with Gasteiger partial charge in [0.1, 0.15) is 18.3 Å². The standard InChI is InChI=1S/C23H25N3O4/c1-15(2)22(25-20(27)12-17-9-5-4-6-10-17)23(29)30-14-18-13-21(28)26-16(3)8-7-11-19(26)24-18/h4-11,13,15,22H,12,14H2,1-3H3,(H,25,27)/t22-/m0/s1. The number of hydrogen-bond donors (Lipinski definition) is 1. The number of pyridine rings is 1. The lowest BCUT2D eigenvalue weighted by Crippen LogP contribution is -2.45. The Kier molecular flexibility index (Phi) is 6.61. The summed E-state index contributed by atoms with van der Waals surface area (Å²) in [6.07, 6.45) is 0.180. The van der Waals surface area contributed by atoms with Crippen molar-refractivity contribution in [2.45, 2.75) is 39.8 Å². The second-order valence-electron chi connectivity index (χ2n) is 7.51. The highest BCUT2D eigenvalue weighted by atomic mass is 16.5. The Morgan fingerprint density at radius 1 is 1.10 bits per heavy atom. The molecular weight excluding hydrogens is 382 g/mol. The number of esters is 1. The van der Waals surface area contributed by atoms with Crippen molar-refractivity contribution in [1.29, 1.82) is 0 Å². The Morgan fingerprint density at radius 2 is 1.83 bits per heavy atom. The summed E-state index contributed by atoms with van der Waals surface area (Å²) >= 11 is 0.